The number of anilines is 1. The molecule has 8 nitrogen and oxygen atoms in total. The maximum Gasteiger partial charge on any atom is 0.174 e. The molecule has 0 unspecified atom stereocenters. The van der Waals surface area contributed by atoms with Gasteiger partial charge < -0.3 is 20.7 Å². The first-order valence-electron chi connectivity index (χ1n) is 6.58. The molecule has 2 aromatic rings. The summed E-state index contributed by atoms with van der Waals surface area (Å²) in [5.41, 5.74) is 5.00. The molecule has 2 aromatic heterocycles. The average Bonchev–Trinajstić information content (AvgIpc) is 3.02. The molecule has 0 radical (unpaired) electrons. The van der Waals surface area contributed by atoms with Gasteiger partial charge >= 0.3 is 0 Å². The van der Waals surface area contributed by atoms with E-state index in [1.165, 1.54) is 17.2 Å². The van der Waals surface area contributed by atoms with Crippen molar-refractivity contribution >= 4 is 17.0 Å². The van der Waals surface area contributed by atoms with E-state index in [-0.39, 0.29) is 12.2 Å². The van der Waals surface area contributed by atoms with Crippen molar-refractivity contribution in [1.82, 2.24) is 19.5 Å². The van der Waals surface area contributed by atoms with Crippen LogP contribution in [0.2, 0.25) is 0 Å². The van der Waals surface area contributed by atoms with E-state index in [4.69, 9.17) is 10.5 Å². The molecule has 0 amide bonds. The Morgan fingerprint density at radius 2 is 2.24 bits per heavy atom. The molecule has 3 heterocycles. The van der Waals surface area contributed by atoms with E-state index in [1.54, 1.807) is 6.92 Å². The molecular weight excluding hydrogens is 281 g/mol. The molecular formula is C12H16FN5O3. The van der Waals surface area contributed by atoms with Crippen molar-refractivity contribution in [2.45, 2.75) is 37.4 Å². The number of hydrogen-bond acceptors (Lipinski definition) is 7. The lowest BCUT2D eigenvalue weighted by atomic mass is 9.94. The molecule has 0 spiro atoms. The summed E-state index contributed by atoms with van der Waals surface area (Å²) in [5.74, 6) is 0.177. The van der Waals surface area contributed by atoms with Gasteiger partial charge in [-0.3, -0.25) is 4.57 Å². The number of rotatable bonds is 3. The highest BCUT2D eigenvalue weighted by Gasteiger charge is 2.55. The van der Waals surface area contributed by atoms with Crippen LogP contribution in [0.5, 0.6) is 0 Å². The van der Waals surface area contributed by atoms with Crippen LogP contribution in [0, 0.1) is 0 Å². The number of ether oxygens (including phenoxy) is 1. The van der Waals surface area contributed by atoms with Gasteiger partial charge in [0.15, 0.2) is 23.9 Å². The summed E-state index contributed by atoms with van der Waals surface area (Å²) in [6.45, 7) is 1.23. The molecule has 1 saturated heterocycles. The van der Waals surface area contributed by atoms with Crippen LogP contribution in [0.1, 0.15) is 19.6 Å². The van der Waals surface area contributed by atoms with E-state index in [2.05, 4.69) is 15.0 Å². The van der Waals surface area contributed by atoms with Crippen LogP contribution in [-0.4, -0.2) is 54.2 Å². The van der Waals surface area contributed by atoms with Gasteiger partial charge in [0, 0.05) is 0 Å². The number of aromatic nitrogens is 4. The summed E-state index contributed by atoms with van der Waals surface area (Å²) in [4.78, 5) is 11.9. The van der Waals surface area contributed by atoms with Gasteiger partial charge in [0.1, 0.15) is 23.5 Å². The molecule has 114 valence electrons. The van der Waals surface area contributed by atoms with Gasteiger partial charge in [-0.15, -0.1) is 0 Å². The lowest BCUT2D eigenvalue weighted by Crippen LogP contribution is -2.44. The number of nitrogens with two attached hydrogens (primary N) is 1. The fourth-order valence-electron chi connectivity index (χ4n) is 2.62. The zero-order valence-electron chi connectivity index (χ0n) is 11.3. The largest absolute Gasteiger partial charge is 0.393 e. The molecule has 3 rings (SSSR count). The highest BCUT2D eigenvalue weighted by Crippen LogP contribution is 2.41. The first-order chi connectivity index (χ1) is 10.0. The predicted octanol–water partition coefficient (Wildman–Crippen LogP) is -0.223. The quantitative estimate of drug-likeness (QED) is 0.716. The Morgan fingerprint density at radius 1 is 1.48 bits per heavy atom. The SMILES string of the molecule is CC[C@]1(CO)O[C@@H](n2cnc3c(N)ncnc32)[C@@H](F)[C@@H]1O. The van der Waals surface area contributed by atoms with Gasteiger partial charge in [0.2, 0.25) is 0 Å². The van der Waals surface area contributed by atoms with Crippen molar-refractivity contribution in [2.24, 2.45) is 0 Å². The van der Waals surface area contributed by atoms with Gasteiger partial charge in [-0.25, -0.2) is 19.3 Å². The fraction of sp³-hybridized carbons (Fsp3) is 0.583. The summed E-state index contributed by atoms with van der Waals surface area (Å²) >= 11 is 0. The number of aliphatic hydroxyl groups is 2. The number of fused-ring (bicyclic) bond motifs is 1. The third-order valence-electron chi connectivity index (χ3n) is 4.00. The molecule has 1 aliphatic rings. The number of nitrogens with zero attached hydrogens (tertiary/aromatic N) is 4. The molecule has 0 aliphatic carbocycles. The number of nitrogen functional groups attached to an aromatic ring is 1. The Bertz CT molecular complexity index is 659. The molecule has 0 saturated carbocycles. The molecule has 4 N–H and O–H groups in total. The third kappa shape index (κ3) is 1.88. The predicted molar refractivity (Wildman–Crippen MR) is 70.9 cm³/mol. The zero-order chi connectivity index (χ0) is 15.2. The number of alkyl halides is 1. The van der Waals surface area contributed by atoms with Gasteiger partial charge in [-0.1, -0.05) is 6.92 Å². The van der Waals surface area contributed by atoms with Crippen LogP contribution in [0.3, 0.4) is 0 Å². The smallest absolute Gasteiger partial charge is 0.174 e. The number of hydrogen-bond donors (Lipinski definition) is 3. The van der Waals surface area contributed by atoms with E-state index < -0.39 is 30.7 Å². The Labute approximate surface area is 119 Å². The monoisotopic (exact) mass is 297 g/mol. The maximum absolute atomic E-state index is 14.4. The minimum atomic E-state index is -1.72. The van der Waals surface area contributed by atoms with Gasteiger partial charge in [0.25, 0.3) is 0 Å². The lowest BCUT2D eigenvalue weighted by molar-refractivity contribution is -0.128. The van der Waals surface area contributed by atoms with E-state index in [9.17, 15) is 14.6 Å². The summed E-state index contributed by atoms with van der Waals surface area (Å²) in [7, 11) is 0. The molecule has 1 fully saturated rings. The average molecular weight is 297 g/mol. The Balaban J connectivity index is 2.06. The molecule has 0 aromatic carbocycles. The van der Waals surface area contributed by atoms with Crippen molar-refractivity contribution in [1.29, 1.82) is 0 Å². The standard InChI is InChI=1S/C12H16FN5O3/c1-2-12(3-19)8(20)6(13)11(21-12)18-5-17-7-9(14)15-4-16-10(7)18/h4-6,8,11,19-20H,2-3H2,1H3,(H2,14,15,16)/t6-,8-,11+,12+/m0/s1. The maximum atomic E-state index is 14.4. The first-order valence-corrected chi connectivity index (χ1v) is 6.58. The zero-order valence-corrected chi connectivity index (χ0v) is 11.3. The van der Waals surface area contributed by atoms with Crippen LogP contribution in [0.15, 0.2) is 12.7 Å². The van der Waals surface area contributed by atoms with Crippen molar-refractivity contribution < 1.29 is 19.3 Å². The van der Waals surface area contributed by atoms with E-state index >= 15 is 0 Å². The number of aliphatic hydroxyl groups excluding tert-OH is 2. The normalized spacial score (nSPS) is 32.9. The summed E-state index contributed by atoms with van der Waals surface area (Å²) in [6, 6.07) is 0. The minimum absolute atomic E-state index is 0.177. The highest BCUT2D eigenvalue weighted by molar-refractivity contribution is 5.81. The second kappa shape index (κ2) is 4.86. The van der Waals surface area contributed by atoms with Crippen LogP contribution in [0.4, 0.5) is 10.2 Å². The Hall–Kier alpha value is -1.84. The third-order valence-corrected chi connectivity index (χ3v) is 4.00. The molecule has 4 atom stereocenters. The van der Waals surface area contributed by atoms with Crippen molar-refractivity contribution in [3.05, 3.63) is 12.7 Å². The number of halogens is 1. The topological polar surface area (TPSA) is 119 Å². The van der Waals surface area contributed by atoms with Gasteiger partial charge in [-0.05, 0) is 6.42 Å². The van der Waals surface area contributed by atoms with Crippen LogP contribution >= 0.6 is 0 Å². The first kappa shape index (κ1) is 14.1. The van der Waals surface area contributed by atoms with E-state index in [1.807, 2.05) is 0 Å². The van der Waals surface area contributed by atoms with Gasteiger partial charge in [-0.2, -0.15) is 0 Å². The second-order valence-electron chi connectivity index (χ2n) is 5.06. The fourth-order valence-corrected chi connectivity index (χ4v) is 2.62. The number of imidazole rings is 1. The highest BCUT2D eigenvalue weighted by atomic mass is 19.1. The second-order valence-corrected chi connectivity index (χ2v) is 5.06. The Morgan fingerprint density at radius 3 is 2.86 bits per heavy atom. The molecule has 1 aliphatic heterocycles. The van der Waals surface area contributed by atoms with Crippen molar-refractivity contribution in [3.63, 3.8) is 0 Å². The van der Waals surface area contributed by atoms with Crippen LogP contribution in [-0.2, 0) is 4.74 Å². The lowest BCUT2D eigenvalue weighted by Gasteiger charge is -2.28. The van der Waals surface area contributed by atoms with E-state index in [0.717, 1.165) is 0 Å². The van der Waals surface area contributed by atoms with Crippen LogP contribution in [0.25, 0.3) is 11.2 Å². The van der Waals surface area contributed by atoms with Gasteiger partial charge in [0.05, 0.1) is 12.9 Å². The van der Waals surface area contributed by atoms with Crippen molar-refractivity contribution in [2.75, 3.05) is 12.3 Å². The van der Waals surface area contributed by atoms with Crippen LogP contribution < -0.4 is 5.73 Å². The minimum Gasteiger partial charge on any atom is -0.393 e. The molecule has 9 heteroatoms. The summed E-state index contributed by atoms with van der Waals surface area (Å²) < 4.78 is 21.4. The van der Waals surface area contributed by atoms with E-state index in [0.29, 0.717) is 11.2 Å². The van der Waals surface area contributed by atoms with Crippen molar-refractivity contribution in [3.8, 4) is 0 Å². The summed E-state index contributed by atoms with van der Waals surface area (Å²) in [6.07, 6.45) is -1.44. The molecule has 21 heavy (non-hydrogen) atoms. The molecule has 0 bridgehead atoms. The summed E-state index contributed by atoms with van der Waals surface area (Å²) in [5, 5.41) is 19.5. The Kier molecular flexibility index (Phi) is 3.27.